The average molecular weight is 231 g/mol. The molecule has 2 nitrogen and oxygen atoms in total. The zero-order valence-electron chi connectivity index (χ0n) is 10.9. The molecule has 0 saturated heterocycles. The van der Waals surface area contributed by atoms with E-state index in [0.717, 1.165) is 18.1 Å². The van der Waals surface area contributed by atoms with E-state index in [2.05, 4.69) is 44.4 Å². The molecule has 17 heavy (non-hydrogen) atoms. The highest BCUT2D eigenvalue weighted by Crippen LogP contribution is 2.43. The molecule has 0 radical (unpaired) electrons. The van der Waals surface area contributed by atoms with Crippen molar-refractivity contribution >= 4 is 0 Å². The van der Waals surface area contributed by atoms with Gasteiger partial charge in [-0.2, -0.15) is 0 Å². The van der Waals surface area contributed by atoms with E-state index in [1.165, 1.54) is 24.0 Å². The van der Waals surface area contributed by atoms with Crippen LogP contribution in [0, 0.1) is 5.92 Å². The van der Waals surface area contributed by atoms with Crippen molar-refractivity contribution in [2.45, 2.75) is 44.8 Å². The van der Waals surface area contributed by atoms with Gasteiger partial charge in [0.1, 0.15) is 11.4 Å². The zero-order valence-corrected chi connectivity index (χ0v) is 10.9. The van der Waals surface area contributed by atoms with Gasteiger partial charge >= 0.3 is 0 Å². The molecule has 1 fully saturated rings. The van der Waals surface area contributed by atoms with Crippen molar-refractivity contribution in [1.82, 2.24) is 5.32 Å². The van der Waals surface area contributed by atoms with Crippen LogP contribution < -0.4 is 10.1 Å². The summed E-state index contributed by atoms with van der Waals surface area (Å²) < 4.78 is 5.92. The Balaban J connectivity index is 1.89. The van der Waals surface area contributed by atoms with Gasteiger partial charge in [0, 0.05) is 12.5 Å². The number of ether oxygens (including phenoxy) is 1. The predicted octanol–water partition coefficient (Wildman–Crippen LogP) is 3.07. The van der Waals surface area contributed by atoms with Gasteiger partial charge in [0.15, 0.2) is 0 Å². The lowest BCUT2D eigenvalue weighted by Crippen LogP contribution is -2.24. The monoisotopic (exact) mass is 231 g/mol. The fraction of sp³-hybridized carbons (Fsp3) is 0.600. The van der Waals surface area contributed by atoms with E-state index in [1.807, 2.05) is 0 Å². The summed E-state index contributed by atoms with van der Waals surface area (Å²) >= 11 is 0. The summed E-state index contributed by atoms with van der Waals surface area (Å²) in [5.41, 5.74) is 2.76. The van der Waals surface area contributed by atoms with Crippen LogP contribution in [0.4, 0.5) is 0 Å². The molecule has 2 heteroatoms. The summed E-state index contributed by atoms with van der Waals surface area (Å²) in [4.78, 5) is 0. The van der Waals surface area contributed by atoms with Crippen molar-refractivity contribution in [2.75, 3.05) is 7.05 Å². The van der Waals surface area contributed by atoms with Gasteiger partial charge in [-0.25, -0.2) is 0 Å². The van der Waals surface area contributed by atoms with Crippen LogP contribution in [0.1, 0.15) is 43.9 Å². The van der Waals surface area contributed by atoms with E-state index in [9.17, 15) is 0 Å². The van der Waals surface area contributed by atoms with E-state index in [0.29, 0.717) is 6.04 Å². The maximum Gasteiger partial charge on any atom is 0.123 e. The van der Waals surface area contributed by atoms with Crippen molar-refractivity contribution in [3.05, 3.63) is 29.3 Å². The Kier molecular flexibility index (Phi) is 2.44. The summed E-state index contributed by atoms with van der Waals surface area (Å²) in [5, 5.41) is 3.45. The molecule has 0 amide bonds. The first-order chi connectivity index (χ1) is 8.09. The van der Waals surface area contributed by atoms with Gasteiger partial charge < -0.3 is 10.1 Å². The SMILES string of the molecule is CNC(c1ccc2c(c1)CC(C)(C)O2)C1CC1. The number of hydrogen-bond acceptors (Lipinski definition) is 2. The first-order valence-electron chi connectivity index (χ1n) is 6.58. The normalized spacial score (nSPS) is 23.0. The molecule has 1 heterocycles. The Hall–Kier alpha value is -1.02. The maximum absolute atomic E-state index is 5.92. The van der Waals surface area contributed by atoms with Crippen molar-refractivity contribution in [3.8, 4) is 5.75 Å². The molecule has 2 aliphatic rings. The number of nitrogens with one attached hydrogen (secondary N) is 1. The smallest absolute Gasteiger partial charge is 0.123 e. The lowest BCUT2D eigenvalue weighted by Gasteiger charge is -2.17. The van der Waals surface area contributed by atoms with Crippen LogP contribution in [-0.2, 0) is 6.42 Å². The molecular weight excluding hydrogens is 210 g/mol. The molecule has 1 aromatic carbocycles. The Morgan fingerprint density at radius 1 is 1.35 bits per heavy atom. The van der Waals surface area contributed by atoms with Gasteiger partial charge in [-0.1, -0.05) is 12.1 Å². The minimum atomic E-state index is -0.0321. The maximum atomic E-state index is 5.92. The molecule has 1 aliphatic carbocycles. The Morgan fingerprint density at radius 3 is 2.76 bits per heavy atom. The highest BCUT2D eigenvalue weighted by Gasteiger charge is 2.34. The summed E-state index contributed by atoms with van der Waals surface area (Å²) in [6, 6.07) is 7.24. The second-order valence-corrected chi connectivity index (χ2v) is 6.01. The van der Waals surface area contributed by atoms with E-state index >= 15 is 0 Å². The molecule has 3 rings (SSSR count). The number of fused-ring (bicyclic) bond motifs is 1. The topological polar surface area (TPSA) is 21.3 Å². The van der Waals surface area contributed by atoms with Gasteiger partial charge in [0.25, 0.3) is 0 Å². The standard InChI is InChI=1S/C15H21NO/c1-15(2)9-12-8-11(6-7-13(12)17-15)14(16-3)10-4-5-10/h6-8,10,14,16H,4-5,9H2,1-3H3. The minimum Gasteiger partial charge on any atom is -0.487 e. The third kappa shape index (κ3) is 2.06. The molecule has 0 bridgehead atoms. The Labute approximate surface area is 103 Å². The van der Waals surface area contributed by atoms with Gasteiger partial charge in [0.05, 0.1) is 0 Å². The molecular formula is C15H21NO. The van der Waals surface area contributed by atoms with Gasteiger partial charge in [-0.3, -0.25) is 0 Å². The van der Waals surface area contributed by atoms with Crippen LogP contribution in [-0.4, -0.2) is 12.6 Å². The van der Waals surface area contributed by atoms with Crippen LogP contribution >= 0.6 is 0 Å². The molecule has 1 aromatic rings. The molecule has 0 spiro atoms. The molecule has 1 unspecified atom stereocenters. The number of hydrogen-bond donors (Lipinski definition) is 1. The first-order valence-corrected chi connectivity index (χ1v) is 6.58. The fourth-order valence-electron chi connectivity index (χ4n) is 2.93. The van der Waals surface area contributed by atoms with Crippen molar-refractivity contribution < 1.29 is 4.74 Å². The molecule has 92 valence electrons. The van der Waals surface area contributed by atoms with Gasteiger partial charge in [0.2, 0.25) is 0 Å². The van der Waals surface area contributed by atoms with Crippen LogP contribution in [0.15, 0.2) is 18.2 Å². The van der Waals surface area contributed by atoms with Crippen LogP contribution in [0.3, 0.4) is 0 Å². The summed E-state index contributed by atoms with van der Waals surface area (Å²) in [5.74, 6) is 1.91. The Morgan fingerprint density at radius 2 is 2.12 bits per heavy atom. The number of rotatable bonds is 3. The molecule has 1 N–H and O–H groups in total. The van der Waals surface area contributed by atoms with Gasteiger partial charge in [-0.05, 0) is 56.8 Å². The lowest BCUT2D eigenvalue weighted by molar-refractivity contribution is 0.138. The predicted molar refractivity (Wildman–Crippen MR) is 69.4 cm³/mol. The highest BCUT2D eigenvalue weighted by molar-refractivity contribution is 5.43. The average Bonchev–Trinajstić information content (AvgIpc) is 3.01. The van der Waals surface area contributed by atoms with E-state index in [1.54, 1.807) is 0 Å². The van der Waals surface area contributed by atoms with E-state index < -0.39 is 0 Å². The highest BCUT2D eigenvalue weighted by atomic mass is 16.5. The van der Waals surface area contributed by atoms with Crippen molar-refractivity contribution in [1.29, 1.82) is 0 Å². The quantitative estimate of drug-likeness (QED) is 0.863. The minimum absolute atomic E-state index is 0.0321. The largest absolute Gasteiger partial charge is 0.487 e. The second kappa shape index (κ2) is 3.74. The fourth-order valence-corrected chi connectivity index (χ4v) is 2.93. The van der Waals surface area contributed by atoms with E-state index in [-0.39, 0.29) is 5.60 Å². The molecule has 0 aromatic heterocycles. The van der Waals surface area contributed by atoms with Crippen LogP contribution in [0.2, 0.25) is 0 Å². The third-order valence-corrected chi connectivity index (χ3v) is 3.85. The molecule has 1 aliphatic heterocycles. The molecule has 1 saturated carbocycles. The van der Waals surface area contributed by atoms with Crippen LogP contribution in [0.5, 0.6) is 5.75 Å². The van der Waals surface area contributed by atoms with Crippen molar-refractivity contribution in [3.63, 3.8) is 0 Å². The van der Waals surface area contributed by atoms with Crippen molar-refractivity contribution in [2.24, 2.45) is 5.92 Å². The summed E-state index contributed by atoms with van der Waals surface area (Å²) in [6.45, 7) is 4.31. The summed E-state index contributed by atoms with van der Waals surface area (Å²) in [6.07, 6.45) is 3.76. The van der Waals surface area contributed by atoms with Crippen LogP contribution in [0.25, 0.3) is 0 Å². The van der Waals surface area contributed by atoms with E-state index in [4.69, 9.17) is 4.74 Å². The molecule has 1 atom stereocenters. The number of benzene rings is 1. The second-order valence-electron chi connectivity index (χ2n) is 6.01. The zero-order chi connectivity index (χ0) is 12.0. The summed E-state index contributed by atoms with van der Waals surface area (Å²) in [7, 11) is 2.07. The first kappa shape index (κ1) is 11.1. The Bertz CT molecular complexity index is 435. The van der Waals surface area contributed by atoms with Gasteiger partial charge in [-0.15, -0.1) is 0 Å². The third-order valence-electron chi connectivity index (χ3n) is 3.85. The lowest BCUT2D eigenvalue weighted by atomic mass is 9.96.